The smallest absolute Gasteiger partial charge is 0.315 e. The molecule has 20 heavy (non-hydrogen) atoms. The minimum absolute atomic E-state index is 0.0543. The summed E-state index contributed by atoms with van der Waals surface area (Å²) < 4.78 is 0. The molecule has 0 unspecified atom stereocenters. The van der Waals surface area contributed by atoms with Crippen LogP contribution in [0.25, 0.3) is 0 Å². The van der Waals surface area contributed by atoms with Crippen LogP contribution in [0.15, 0.2) is 24.3 Å². The first-order valence-electron chi connectivity index (χ1n) is 7.81. The topological polar surface area (TPSA) is 41.1 Å². The summed E-state index contributed by atoms with van der Waals surface area (Å²) in [5.74, 6) is 0.821. The van der Waals surface area contributed by atoms with Crippen molar-refractivity contribution in [1.82, 2.24) is 10.6 Å². The molecule has 2 amide bonds. The molecule has 1 fully saturated rings. The summed E-state index contributed by atoms with van der Waals surface area (Å²) in [4.78, 5) is 11.7. The maximum Gasteiger partial charge on any atom is 0.315 e. The van der Waals surface area contributed by atoms with Crippen molar-refractivity contribution in [2.75, 3.05) is 6.54 Å². The molecule has 3 nitrogen and oxygen atoms in total. The lowest BCUT2D eigenvalue weighted by molar-refractivity contribution is 0.238. The van der Waals surface area contributed by atoms with Gasteiger partial charge in [0, 0.05) is 13.1 Å². The van der Waals surface area contributed by atoms with E-state index in [2.05, 4.69) is 41.8 Å². The maximum absolute atomic E-state index is 11.7. The van der Waals surface area contributed by atoms with Crippen molar-refractivity contribution in [3.05, 3.63) is 35.4 Å². The van der Waals surface area contributed by atoms with Crippen LogP contribution in [0.2, 0.25) is 0 Å². The molecule has 0 bridgehead atoms. The van der Waals surface area contributed by atoms with Crippen molar-refractivity contribution in [2.24, 2.45) is 5.92 Å². The second-order valence-corrected chi connectivity index (χ2v) is 5.89. The molecule has 0 aromatic heterocycles. The molecule has 1 aliphatic carbocycles. The Morgan fingerprint density at radius 1 is 1.10 bits per heavy atom. The Hall–Kier alpha value is -1.51. The second kappa shape index (κ2) is 7.93. The van der Waals surface area contributed by atoms with Crippen LogP contribution in [-0.2, 0) is 6.54 Å². The van der Waals surface area contributed by atoms with Gasteiger partial charge in [0.15, 0.2) is 0 Å². The van der Waals surface area contributed by atoms with Crippen molar-refractivity contribution in [2.45, 2.75) is 52.0 Å². The third kappa shape index (κ3) is 5.24. The maximum atomic E-state index is 11.7. The molecule has 0 atom stereocenters. The van der Waals surface area contributed by atoms with E-state index in [0.29, 0.717) is 6.54 Å². The van der Waals surface area contributed by atoms with Crippen LogP contribution in [0.4, 0.5) is 4.79 Å². The Kier molecular flexibility index (Phi) is 5.90. The summed E-state index contributed by atoms with van der Waals surface area (Å²) in [7, 11) is 0. The average Bonchev–Trinajstić information content (AvgIpc) is 2.48. The van der Waals surface area contributed by atoms with E-state index in [1.807, 2.05) is 0 Å². The van der Waals surface area contributed by atoms with Gasteiger partial charge in [-0.05, 0) is 24.8 Å². The highest BCUT2D eigenvalue weighted by atomic mass is 16.2. The van der Waals surface area contributed by atoms with Gasteiger partial charge < -0.3 is 10.6 Å². The molecule has 1 aliphatic rings. The number of urea groups is 1. The molecular formula is C17H26N2O. The largest absolute Gasteiger partial charge is 0.338 e. The van der Waals surface area contributed by atoms with E-state index in [1.165, 1.54) is 37.7 Å². The standard InChI is InChI=1S/C17H26N2O/c1-14-7-9-16(10-8-14)13-19-17(20)18-12-11-15-5-3-2-4-6-15/h7-10,15H,2-6,11-13H2,1H3,(H2,18,19,20). The first-order chi connectivity index (χ1) is 9.74. The summed E-state index contributed by atoms with van der Waals surface area (Å²) in [5.41, 5.74) is 2.38. The molecule has 1 saturated carbocycles. The van der Waals surface area contributed by atoms with E-state index in [0.717, 1.165) is 24.4 Å². The van der Waals surface area contributed by atoms with Gasteiger partial charge in [-0.3, -0.25) is 0 Å². The van der Waals surface area contributed by atoms with Crippen LogP contribution < -0.4 is 10.6 Å². The molecule has 3 heteroatoms. The Labute approximate surface area is 122 Å². The van der Waals surface area contributed by atoms with Gasteiger partial charge in [0.25, 0.3) is 0 Å². The Balaban J connectivity index is 1.59. The van der Waals surface area contributed by atoms with E-state index in [4.69, 9.17) is 0 Å². The molecule has 110 valence electrons. The zero-order chi connectivity index (χ0) is 14.2. The number of carbonyl (C=O) groups is 1. The van der Waals surface area contributed by atoms with Crippen molar-refractivity contribution >= 4 is 6.03 Å². The fourth-order valence-electron chi connectivity index (χ4n) is 2.82. The Morgan fingerprint density at radius 3 is 2.50 bits per heavy atom. The average molecular weight is 274 g/mol. The minimum atomic E-state index is -0.0543. The number of hydrogen-bond acceptors (Lipinski definition) is 1. The van der Waals surface area contributed by atoms with E-state index in [-0.39, 0.29) is 6.03 Å². The van der Waals surface area contributed by atoms with Crippen LogP contribution in [0.1, 0.15) is 49.7 Å². The molecule has 2 N–H and O–H groups in total. The van der Waals surface area contributed by atoms with Gasteiger partial charge >= 0.3 is 6.03 Å². The minimum Gasteiger partial charge on any atom is -0.338 e. The quantitative estimate of drug-likeness (QED) is 0.843. The third-order valence-electron chi connectivity index (χ3n) is 4.14. The molecule has 1 aromatic rings. The molecule has 0 aliphatic heterocycles. The van der Waals surface area contributed by atoms with Crippen LogP contribution in [0.5, 0.6) is 0 Å². The van der Waals surface area contributed by atoms with Gasteiger partial charge in [-0.15, -0.1) is 0 Å². The number of amides is 2. The molecule has 0 heterocycles. The first-order valence-corrected chi connectivity index (χ1v) is 7.81. The Morgan fingerprint density at radius 2 is 1.80 bits per heavy atom. The molecule has 2 rings (SSSR count). The highest BCUT2D eigenvalue weighted by Crippen LogP contribution is 2.25. The van der Waals surface area contributed by atoms with E-state index in [9.17, 15) is 4.79 Å². The molecule has 0 saturated heterocycles. The summed E-state index contributed by atoms with van der Waals surface area (Å²) in [6.45, 7) is 3.45. The highest BCUT2D eigenvalue weighted by molar-refractivity contribution is 5.73. The number of nitrogens with one attached hydrogen (secondary N) is 2. The van der Waals surface area contributed by atoms with Gasteiger partial charge in [0.1, 0.15) is 0 Å². The number of hydrogen-bond donors (Lipinski definition) is 2. The summed E-state index contributed by atoms with van der Waals surface area (Å²) in [6, 6.07) is 8.19. The predicted molar refractivity (Wildman–Crippen MR) is 82.6 cm³/mol. The summed E-state index contributed by atoms with van der Waals surface area (Å²) in [5, 5.41) is 5.87. The summed E-state index contributed by atoms with van der Waals surface area (Å²) >= 11 is 0. The SMILES string of the molecule is Cc1ccc(CNC(=O)NCCC2CCCCC2)cc1. The van der Waals surface area contributed by atoms with Gasteiger partial charge in [-0.25, -0.2) is 4.79 Å². The number of aryl methyl sites for hydroxylation is 1. The van der Waals surface area contributed by atoms with Crippen LogP contribution in [-0.4, -0.2) is 12.6 Å². The Bertz CT molecular complexity index is 408. The second-order valence-electron chi connectivity index (χ2n) is 5.89. The zero-order valence-electron chi connectivity index (χ0n) is 12.5. The fraction of sp³-hybridized carbons (Fsp3) is 0.588. The third-order valence-corrected chi connectivity index (χ3v) is 4.14. The predicted octanol–water partition coefficient (Wildman–Crippen LogP) is 3.76. The first kappa shape index (κ1) is 14.9. The summed E-state index contributed by atoms with van der Waals surface area (Å²) in [6.07, 6.45) is 7.92. The van der Waals surface area contributed by atoms with Gasteiger partial charge in [0.2, 0.25) is 0 Å². The van der Waals surface area contributed by atoms with Crippen molar-refractivity contribution in [3.63, 3.8) is 0 Å². The van der Waals surface area contributed by atoms with Crippen molar-refractivity contribution < 1.29 is 4.79 Å². The van der Waals surface area contributed by atoms with Crippen molar-refractivity contribution in [1.29, 1.82) is 0 Å². The zero-order valence-corrected chi connectivity index (χ0v) is 12.5. The lowest BCUT2D eigenvalue weighted by Gasteiger charge is -2.21. The number of carbonyl (C=O) groups excluding carboxylic acids is 1. The monoisotopic (exact) mass is 274 g/mol. The van der Waals surface area contributed by atoms with E-state index in [1.54, 1.807) is 0 Å². The van der Waals surface area contributed by atoms with Gasteiger partial charge in [-0.1, -0.05) is 61.9 Å². The normalized spacial score (nSPS) is 15.8. The molecule has 0 spiro atoms. The van der Waals surface area contributed by atoms with E-state index >= 15 is 0 Å². The van der Waals surface area contributed by atoms with E-state index < -0.39 is 0 Å². The van der Waals surface area contributed by atoms with Crippen LogP contribution in [0.3, 0.4) is 0 Å². The molecular weight excluding hydrogens is 248 g/mol. The highest BCUT2D eigenvalue weighted by Gasteiger charge is 2.13. The van der Waals surface area contributed by atoms with Gasteiger partial charge in [0.05, 0.1) is 0 Å². The molecule has 0 radical (unpaired) electrons. The van der Waals surface area contributed by atoms with Gasteiger partial charge in [-0.2, -0.15) is 0 Å². The lowest BCUT2D eigenvalue weighted by Crippen LogP contribution is -2.36. The van der Waals surface area contributed by atoms with Crippen LogP contribution >= 0.6 is 0 Å². The van der Waals surface area contributed by atoms with Crippen molar-refractivity contribution in [3.8, 4) is 0 Å². The lowest BCUT2D eigenvalue weighted by atomic mass is 9.87. The molecule has 1 aromatic carbocycles. The van der Waals surface area contributed by atoms with Crippen LogP contribution in [0, 0.1) is 12.8 Å². The number of benzene rings is 1. The number of rotatable bonds is 5. The fourth-order valence-corrected chi connectivity index (χ4v) is 2.82.